The standard InChI is InChI=1S/C18H26N4O3/c1-13-9-14(2)12-21(11-13)16-4-3-15(10-17(16)22(24)25)18(23)20-7-5-19-6-8-20/h3-4,10,13-14,19H,5-9,11-12H2,1-2H3. The van der Waals surface area contributed by atoms with Gasteiger partial charge in [-0.3, -0.25) is 14.9 Å². The van der Waals surface area contributed by atoms with Crippen molar-refractivity contribution in [2.75, 3.05) is 44.2 Å². The molecule has 0 bridgehead atoms. The van der Waals surface area contributed by atoms with Gasteiger partial charge in [-0.1, -0.05) is 13.8 Å². The summed E-state index contributed by atoms with van der Waals surface area (Å²) in [5, 5.41) is 14.8. The van der Waals surface area contributed by atoms with Crippen LogP contribution in [0.4, 0.5) is 11.4 Å². The van der Waals surface area contributed by atoms with Crippen LogP contribution in [0, 0.1) is 22.0 Å². The van der Waals surface area contributed by atoms with Crippen LogP contribution in [0.15, 0.2) is 18.2 Å². The van der Waals surface area contributed by atoms with Crippen molar-refractivity contribution in [1.29, 1.82) is 0 Å². The first-order valence-corrected chi connectivity index (χ1v) is 8.99. The van der Waals surface area contributed by atoms with E-state index in [0.717, 1.165) is 32.6 Å². The molecule has 1 N–H and O–H groups in total. The Bertz CT molecular complexity index is 648. The molecular formula is C18H26N4O3. The number of benzene rings is 1. The van der Waals surface area contributed by atoms with E-state index in [9.17, 15) is 14.9 Å². The third-order valence-corrected chi connectivity index (χ3v) is 5.03. The van der Waals surface area contributed by atoms with Crippen molar-refractivity contribution in [3.63, 3.8) is 0 Å². The zero-order valence-electron chi connectivity index (χ0n) is 14.9. The number of carbonyl (C=O) groups excluding carboxylic acids is 1. The number of anilines is 1. The molecule has 2 aliphatic heterocycles. The van der Waals surface area contributed by atoms with Gasteiger partial charge in [-0.25, -0.2) is 0 Å². The van der Waals surface area contributed by atoms with Gasteiger partial charge < -0.3 is 15.1 Å². The van der Waals surface area contributed by atoms with Crippen LogP contribution in [0.2, 0.25) is 0 Å². The average Bonchev–Trinajstić information content (AvgIpc) is 2.60. The molecule has 2 heterocycles. The van der Waals surface area contributed by atoms with E-state index in [0.29, 0.717) is 36.2 Å². The van der Waals surface area contributed by atoms with Crippen LogP contribution in [0.5, 0.6) is 0 Å². The smallest absolute Gasteiger partial charge is 0.293 e. The third-order valence-electron chi connectivity index (χ3n) is 5.03. The Kier molecular flexibility index (Phi) is 5.22. The van der Waals surface area contributed by atoms with E-state index in [1.165, 1.54) is 6.07 Å². The molecule has 2 unspecified atom stereocenters. The van der Waals surface area contributed by atoms with Gasteiger partial charge in [0.25, 0.3) is 11.6 Å². The summed E-state index contributed by atoms with van der Waals surface area (Å²) in [4.78, 5) is 27.7. The van der Waals surface area contributed by atoms with E-state index in [1.807, 2.05) is 0 Å². The third kappa shape index (κ3) is 3.92. The van der Waals surface area contributed by atoms with E-state index in [4.69, 9.17) is 0 Å². The minimum Gasteiger partial charge on any atom is -0.365 e. The second-order valence-corrected chi connectivity index (χ2v) is 7.35. The van der Waals surface area contributed by atoms with Crippen molar-refractivity contribution in [2.45, 2.75) is 20.3 Å². The number of hydrogen-bond donors (Lipinski definition) is 1. The van der Waals surface area contributed by atoms with Crippen LogP contribution in [0.3, 0.4) is 0 Å². The number of nitrogens with one attached hydrogen (secondary N) is 1. The van der Waals surface area contributed by atoms with Crippen molar-refractivity contribution in [1.82, 2.24) is 10.2 Å². The molecule has 7 nitrogen and oxygen atoms in total. The number of piperidine rings is 1. The zero-order chi connectivity index (χ0) is 18.0. The lowest BCUT2D eigenvalue weighted by molar-refractivity contribution is -0.384. The van der Waals surface area contributed by atoms with Crippen LogP contribution in [-0.2, 0) is 0 Å². The lowest BCUT2D eigenvalue weighted by Crippen LogP contribution is -2.46. The van der Waals surface area contributed by atoms with Crippen LogP contribution in [0.25, 0.3) is 0 Å². The summed E-state index contributed by atoms with van der Waals surface area (Å²) in [5.74, 6) is 0.882. The van der Waals surface area contributed by atoms with E-state index < -0.39 is 0 Å². The Hall–Kier alpha value is -2.15. The molecule has 1 aromatic rings. The molecule has 25 heavy (non-hydrogen) atoms. The predicted octanol–water partition coefficient (Wildman–Crippen LogP) is 2.12. The highest BCUT2D eigenvalue weighted by Gasteiger charge is 2.28. The van der Waals surface area contributed by atoms with Crippen molar-refractivity contribution < 1.29 is 9.72 Å². The molecule has 3 rings (SSSR count). The van der Waals surface area contributed by atoms with Crippen LogP contribution >= 0.6 is 0 Å². The second kappa shape index (κ2) is 7.39. The lowest BCUT2D eigenvalue weighted by Gasteiger charge is -2.36. The highest BCUT2D eigenvalue weighted by molar-refractivity contribution is 5.96. The molecule has 0 aromatic heterocycles. The molecule has 2 saturated heterocycles. The van der Waals surface area contributed by atoms with Crippen molar-refractivity contribution in [3.05, 3.63) is 33.9 Å². The summed E-state index contributed by atoms with van der Waals surface area (Å²) in [7, 11) is 0. The molecule has 2 fully saturated rings. The largest absolute Gasteiger partial charge is 0.365 e. The minimum atomic E-state index is -0.367. The van der Waals surface area contributed by atoms with E-state index in [1.54, 1.807) is 17.0 Å². The summed E-state index contributed by atoms with van der Waals surface area (Å²) >= 11 is 0. The zero-order valence-corrected chi connectivity index (χ0v) is 14.9. The summed E-state index contributed by atoms with van der Waals surface area (Å²) in [6.07, 6.45) is 1.14. The first kappa shape index (κ1) is 17.7. The van der Waals surface area contributed by atoms with Crippen molar-refractivity contribution in [3.8, 4) is 0 Å². The Balaban J connectivity index is 1.87. The number of piperazine rings is 1. The van der Waals surface area contributed by atoms with Gasteiger partial charge in [-0.2, -0.15) is 0 Å². The molecule has 1 aromatic carbocycles. The fourth-order valence-corrected chi connectivity index (χ4v) is 3.98. The molecule has 0 spiro atoms. The highest BCUT2D eigenvalue weighted by atomic mass is 16.6. The fraction of sp³-hybridized carbons (Fsp3) is 0.611. The van der Waals surface area contributed by atoms with Crippen LogP contribution in [0.1, 0.15) is 30.6 Å². The van der Waals surface area contributed by atoms with Gasteiger partial charge in [0.1, 0.15) is 5.69 Å². The maximum absolute atomic E-state index is 12.6. The maximum Gasteiger partial charge on any atom is 0.293 e. The molecular weight excluding hydrogens is 320 g/mol. The number of rotatable bonds is 3. The molecule has 2 aliphatic rings. The van der Waals surface area contributed by atoms with Gasteiger partial charge in [0.05, 0.1) is 4.92 Å². The lowest BCUT2D eigenvalue weighted by atomic mass is 9.91. The van der Waals surface area contributed by atoms with Gasteiger partial charge in [-0.05, 0) is 30.4 Å². The predicted molar refractivity (Wildman–Crippen MR) is 97.0 cm³/mol. The molecule has 136 valence electrons. The van der Waals surface area contributed by atoms with Crippen molar-refractivity contribution in [2.24, 2.45) is 11.8 Å². The summed E-state index contributed by atoms with van der Waals surface area (Å²) in [5.41, 5.74) is 1.05. The number of amides is 1. The van der Waals surface area contributed by atoms with Gasteiger partial charge in [0, 0.05) is 50.9 Å². The van der Waals surface area contributed by atoms with E-state index in [-0.39, 0.29) is 16.5 Å². The van der Waals surface area contributed by atoms with Crippen LogP contribution < -0.4 is 10.2 Å². The monoisotopic (exact) mass is 346 g/mol. The fourth-order valence-electron chi connectivity index (χ4n) is 3.98. The average molecular weight is 346 g/mol. The molecule has 7 heteroatoms. The van der Waals surface area contributed by atoms with Crippen molar-refractivity contribution >= 4 is 17.3 Å². The summed E-state index contributed by atoms with van der Waals surface area (Å²) in [6.45, 7) is 8.77. The Labute approximate surface area is 148 Å². The minimum absolute atomic E-state index is 0.0299. The van der Waals surface area contributed by atoms with Gasteiger partial charge in [-0.15, -0.1) is 0 Å². The molecule has 0 saturated carbocycles. The van der Waals surface area contributed by atoms with E-state index in [2.05, 4.69) is 24.1 Å². The Morgan fingerprint density at radius 1 is 1.20 bits per heavy atom. The maximum atomic E-state index is 12.6. The Morgan fingerprint density at radius 3 is 2.44 bits per heavy atom. The summed E-state index contributed by atoms with van der Waals surface area (Å²) < 4.78 is 0. The number of nitrogens with zero attached hydrogens (tertiary/aromatic N) is 3. The van der Waals surface area contributed by atoms with Gasteiger partial charge in [0.15, 0.2) is 0 Å². The molecule has 1 amide bonds. The molecule has 0 radical (unpaired) electrons. The normalized spacial score (nSPS) is 24.2. The summed E-state index contributed by atoms with van der Waals surface area (Å²) in [6, 6.07) is 4.93. The van der Waals surface area contributed by atoms with Crippen LogP contribution in [-0.4, -0.2) is 55.0 Å². The Morgan fingerprint density at radius 2 is 1.84 bits per heavy atom. The van der Waals surface area contributed by atoms with Gasteiger partial charge >= 0.3 is 0 Å². The number of nitro groups is 1. The molecule has 0 aliphatic carbocycles. The van der Waals surface area contributed by atoms with E-state index >= 15 is 0 Å². The van der Waals surface area contributed by atoms with Gasteiger partial charge in [0.2, 0.25) is 0 Å². The quantitative estimate of drug-likeness (QED) is 0.670. The number of nitro benzene ring substituents is 1. The SMILES string of the molecule is CC1CC(C)CN(c2ccc(C(=O)N3CCNCC3)cc2[N+](=O)[O-])C1. The topological polar surface area (TPSA) is 78.7 Å². The second-order valence-electron chi connectivity index (χ2n) is 7.35. The highest BCUT2D eigenvalue weighted by Crippen LogP contribution is 2.34. The molecule has 2 atom stereocenters. The number of carbonyl (C=O) groups is 1. The first-order chi connectivity index (χ1) is 12.0. The first-order valence-electron chi connectivity index (χ1n) is 8.99. The number of hydrogen-bond acceptors (Lipinski definition) is 5.